The number of hydrogen-bond donors (Lipinski definition) is 2. The summed E-state index contributed by atoms with van der Waals surface area (Å²) in [4.78, 5) is 13.1. The van der Waals surface area contributed by atoms with E-state index in [0.29, 0.717) is 5.56 Å². The molecule has 0 heterocycles. The van der Waals surface area contributed by atoms with Gasteiger partial charge in [-0.1, -0.05) is 51.6 Å². The van der Waals surface area contributed by atoms with E-state index < -0.39 is 0 Å². The van der Waals surface area contributed by atoms with Crippen LogP contribution in [0.3, 0.4) is 0 Å². The molecule has 0 fully saturated rings. The Balaban J connectivity index is 3.49. The van der Waals surface area contributed by atoms with Gasteiger partial charge >= 0.3 is 0 Å². The molecule has 0 aliphatic heterocycles. The first-order valence-electron chi connectivity index (χ1n) is 9.29. The molecule has 0 radical (unpaired) electrons. The molecule has 27 heavy (non-hydrogen) atoms. The fraction of sp³-hybridized carbons (Fsp3) is 0.348. The van der Waals surface area contributed by atoms with Crippen LogP contribution in [-0.4, -0.2) is 17.6 Å². The molecule has 4 nitrogen and oxygen atoms in total. The Hall–Kier alpha value is -2.75. The molecule has 0 amide bonds. The van der Waals surface area contributed by atoms with E-state index in [1.807, 2.05) is 45.9 Å². The van der Waals surface area contributed by atoms with Gasteiger partial charge in [-0.3, -0.25) is 15.6 Å². The minimum absolute atomic E-state index is 0.0298. The number of hydrogen-bond acceptors (Lipinski definition) is 4. The highest BCUT2D eigenvalue weighted by Gasteiger charge is 2.22. The monoisotopic (exact) mass is 366 g/mol. The number of Topliss-reactive ketones (excluding diaryl/α,β-unsaturated/α-hetero) is 1. The lowest BCUT2D eigenvalue weighted by atomic mass is 9.85. The van der Waals surface area contributed by atoms with Gasteiger partial charge in [0.15, 0.2) is 11.7 Å². The second kappa shape index (κ2) is 10.4. The van der Waals surface area contributed by atoms with Crippen molar-refractivity contribution in [2.24, 2.45) is 5.92 Å². The van der Waals surface area contributed by atoms with Crippen LogP contribution in [0.5, 0.6) is 0 Å². The van der Waals surface area contributed by atoms with E-state index >= 15 is 0 Å². The summed E-state index contributed by atoms with van der Waals surface area (Å²) in [7, 11) is 0. The standard InChI is InChI=1S/C23H30N2O2/c1-7-15(5)22(26)21(17(8-2)9-3)20(10-4)18-11-13-19(14-12-18)23(25)27-16(6)24/h8,10-15,24-25H,4,7,9H2,1-3,5-6H3/b17-8-,21-20-,24-16?,25-23?. The average molecular weight is 367 g/mol. The lowest BCUT2D eigenvalue weighted by Gasteiger charge is -2.18. The van der Waals surface area contributed by atoms with Crippen LogP contribution in [0.2, 0.25) is 0 Å². The molecule has 1 rings (SSSR count). The molecule has 1 aromatic carbocycles. The second-order valence-corrected chi connectivity index (χ2v) is 6.40. The third-order valence-electron chi connectivity index (χ3n) is 4.54. The second-order valence-electron chi connectivity index (χ2n) is 6.40. The zero-order valence-corrected chi connectivity index (χ0v) is 17.0. The van der Waals surface area contributed by atoms with Gasteiger partial charge in [0.1, 0.15) is 0 Å². The molecule has 0 saturated carbocycles. The fourth-order valence-corrected chi connectivity index (χ4v) is 2.80. The van der Waals surface area contributed by atoms with Gasteiger partial charge in [-0.15, -0.1) is 0 Å². The number of carbonyl (C=O) groups excluding carboxylic acids is 1. The van der Waals surface area contributed by atoms with Crippen LogP contribution in [0.25, 0.3) is 5.57 Å². The van der Waals surface area contributed by atoms with Gasteiger partial charge in [-0.25, -0.2) is 0 Å². The first-order chi connectivity index (χ1) is 12.8. The van der Waals surface area contributed by atoms with Gasteiger partial charge in [-0.05, 0) is 48.6 Å². The van der Waals surface area contributed by atoms with E-state index in [1.54, 1.807) is 18.2 Å². The molecule has 4 heteroatoms. The molecule has 0 saturated heterocycles. The maximum Gasteiger partial charge on any atom is 0.220 e. The highest BCUT2D eigenvalue weighted by Crippen LogP contribution is 2.30. The predicted molar refractivity (Wildman–Crippen MR) is 113 cm³/mol. The third kappa shape index (κ3) is 5.61. The molecule has 1 unspecified atom stereocenters. The quantitative estimate of drug-likeness (QED) is 0.259. The third-order valence-corrected chi connectivity index (χ3v) is 4.54. The number of allylic oxidation sites excluding steroid dienone is 5. The Morgan fingerprint density at radius 3 is 2.15 bits per heavy atom. The Labute approximate surface area is 162 Å². The highest BCUT2D eigenvalue weighted by molar-refractivity contribution is 6.09. The molecule has 0 aliphatic carbocycles. The van der Waals surface area contributed by atoms with Crippen molar-refractivity contribution in [1.29, 1.82) is 10.8 Å². The van der Waals surface area contributed by atoms with E-state index in [2.05, 4.69) is 6.58 Å². The minimum Gasteiger partial charge on any atom is -0.426 e. The Bertz CT molecular complexity index is 783. The normalized spacial score (nSPS) is 13.4. The summed E-state index contributed by atoms with van der Waals surface area (Å²) in [5, 5.41) is 15.2. The molecule has 2 N–H and O–H groups in total. The van der Waals surface area contributed by atoms with Crippen LogP contribution < -0.4 is 0 Å². The highest BCUT2D eigenvalue weighted by atomic mass is 16.5. The van der Waals surface area contributed by atoms with Crippen LogP contribution in [0.1, 0.15) is 58.6 Å². The number of rotatable bonds is 8. The van der Waals surface area contributed by atoms with Gasteiger partial charge in [0.05, 0.1) is 0 Å². The van der Waals surface area contributed by atoms with Crippen molar-refractivity contribution in [3.63, 3.8) is 0 Å². The van der Waals surface area contributed by atoms with Crippen molar-refractivity contribution in [3.8, 4) is 0 Å². The number of ketones is 1. The van der Waals surface area contributed by atoms with Crippen LogP contribution in [0, 0.1) is 16.7 Å². The van der Waals surface area contributed by atoms with Gasteiger partial charge in [0, 0.05) is 24.0 Å². The molecule has 0 aliphatic rings. The van der Waals surface area contributed by atoms with Gasteiger partial charge in [0.25, 0.3) is 0 Å². The van der Waals surface area contributed by atoms with Crippen molar-refractivity contribution in [2.75, 3.05) is 0 Å². The summed E-state index contributed by atoms with van der Waals surface area (Å²) in [6, 6.07) is 7.24. The maximum absolute atomic E-state index is 13.1. The Morgan fingerprint density at radius 1 is 1.19 bits per heavy atom. The van der Waals surface area contributed by atoms with Crippen molar-refractivity contribution in [1.82, 2.24) is 0 Å². The Morgan fingerprint density at radius 2 is 1.74 bits per heavy atom. The number of nitrogens with one attached hydrogen (secondary N) is 2. The smallest absolute Gasteiger partial charge is 0.220 e. The zero-order chi connectivity index (χ0) is 20.6. The minimum atomic E-state index is -0.0724. The summed E-state index contributed by atoms with van der Waals surface area (Å²) in [5.74, 6) is -0.0375. The lowest BCUT2D eigenvalue weighted by molar-refractivity contribution is -0.118. The molecule has 1 atom stereocenters. The molecular weight excluding hydrogens is 336 g/mol. The van der Waals surface area contributed by atoms with Gasteiger partial charge < -0.3 is 4.74 Å². The fourth-order valence-electron chi connectivity index (χ4n) is 2.80. The molecule has 144 valence electrons. The van der Waals surface area contributed by atoms with Crippen LogP contribution >= 0.6 is 0 Å². The molecule has 0 bridgehead atoms. The molecular formula is C23H30N2O2. The van der Waals surface area contributed by atoms with E-state index in [1.165, 1.54) is 6.92 Å². The lowest BCUT2D eigenvalue weighted by Crippen LogP contribution is -2.16. The van der Waals surface area contributed by atoms with E-state index in [4.69, 9.17) is 15.6 Å². The van der Waals surface area contributed by atoms with Crippen molar-refractivity contribution < 1.29 is 9.53 Å². The largest absolute Gasteiger partial charge is 0.426 e. The van der Waals surface area contributed by atoms with Crippen LogP contribution in [0.15, 0.2) is 54.1 Å². The van der Waals surface area contributed by atoms with Crippen molar-refractivity contribution >= 4 is 23.2 Å². The summed E-state index contributed by atoms with van der Waals surface area (Å²) < 4.78 is 5.04. The van der Waals surface area contributed by atoms with Crippen molar-refractivity contribution in [3.05, 3.63) is 65.3 Å². The average Bonchev–Trinajstić information content (AvgIpc) is 2.66. The SMILES string of the molecule is C=C/C(=C(C(=O)C(C)CC)\C(=C/C)CC)c1ccc(C(=N)OC(C)=N)cc1. The zero-order valence-electron chi connectivity index (χ0n) is 17.0. The number of ether oxygens (including phenoxy) is 1. The maximum atomic E-state index is 13.1. The van der Waals surface area contributed by atoms with E-state index in [0.717, 1.165) is 35.1 Å². The number of benzene rings is 1. The topological polar surface area (TPSA) is 74.0 Å². The first-order valence-corrected chi connectivity index (χ1v) is 9.29. The molecule has 1 aromatic rings. The van der Waals surface area contributed by atoms with E-state index in [-0.39, 0.29) is 23.5 Å². The molecule has 0 spiro atoms. The Kier molecular flexibility index (Phi) is 8.60. The van der Waals surface area contributed by atoms with E-state index in [9.17, 15) is 4.79 Å². The number of carbonyl (C=O) groups is 1. The van der Waals surface area contributed by atoms with Gasteiger partial charge in [0.2, 0.25) is 5.90 Å². The van der Waals surface area contributed by atoms with Crippen LogP contribution in [-0.2, 0) is 9.53 Å². The summed E-state index contributed by atoms with van der Waals surface area (Å²) in [5.41, 5.74) is 3.98. The summed E-state index contributed by atoms with van der Waals surface area (Å²) in [6.07, 6.45) is 5.27. The predicted octanol–water partition coefficient (Wildman–Crippen LogP) is 5.94. The first kappa shape index (κ1) is 22.3. The molecule has 0 aromatic heterocycles. The van der Waals surface area contributed by atoms with Crippen LogP contribution in [0.4, 0.5) is 0 Å². The summed E-state index contributed by atoms with van der Waals surface area (Å²) >= 11 is 0. The van der Waals surface area contributed by atoms with Gasteiger partial charge in [-0.2, -0.15) is 0 Å². The summed E-state index contributed by atoms with van der Waals surface area (Å²) in [6.45, 7) is 13.4. The van der Waals surface area contributed by atoms with Crippen molar-refractivity contribution in [2.45, 2.75) is 47.5 Å².